The van der Waals surface area contributed by atoms with Gasteiger partial charge in [-0.15, -0.1) is 10.2 Å². The zero-order valence-electron chi connectivity index (χ0n) is 11.8. The van der Waals surface area contributed by atoms with E-state index in [4.69, 9.17) is 0 Å². The molecule has 1 amide bonds. The highest BCUT2D eigenvalue weighted by Crippen LogP contribution is 2.25. The average molecular weight is 352 g/mol. The molecule has 0 radical (unpaired) electrons. The number of rotatable bonds is 6. The Balaban J connectivity index is 1.55. The first kappa shape index (κ1) is 15.3. The van der Waals surface area contributed by atoms with Gasteiger partial charge in [0.1, 0.15) is 0 Å². The van der Waals surface area contributed by atoms with Crippen LogP contribution in [0.4, 0.5) is 5.13 Å². The number of nitrogens with one attached hydrogen (secondary N) is 3. The minimum atomic E-state index is -0.0961. The van der Waals surface area contributed by atoms with Crippen molar-refractivity contribution in [1.29, 1.82) is 0 Å². The van der Waals surface area contributed by atoms with Gasteiger partial charge >= 0.3 is 5.16 Å². The molecule has 0 aliphatic carbocycles. The summed E-state index contributed by atoms with van der Waals surface area (Å²) in [5, 5.41) is 12.1. The molecule has 3 N–H and O–H groups in total. The predicted octanol–water partition coefficient (Wildman–Crippen LogP) is 2.68. The minimum Gasteiger partial charge on any atom is -0.300 e. The highest BCUT2D eigenvalue weighted by Gasteiger charge is 2.13. The monoisotopic (exact) mass is 352 g/mol. The quantitative estimate of drug-likeness (QED) is 0.526. The van der Waals surface area contributed by atoms with Crippen LogP contribution >= 0.6 is 34.9 Å². The number of benzene rings is 1. The standard InChI is InChI=1S/C13H13N5OS3/c1-2-20-13-18-17-12(22-13)16-10(19)7-21-11-14-8-5-3-4-6-9(8)15-11/h3-6H,2,7H2,1H3,(H,14,15)(H,16,17,19)/p+1. The van der Waals surface area contributed by atoms with Gasteiger partial charge in [0.25, 0.3) is 0 Å². The third-order valence-corrected chi connectivity index (χ3v) is 5.45. The normalized spacial score (nSPS) is 11.0. The molecule has 22 heavy (non-hydrogen) atoms. The number of amides is 1. The fourth-order valence-corrected chi connectivity index (χ4v) is 4.16. The van der Waals surface area contributed by atoms with Gasteiger partial charge in [0, 0.05) is 0 Å². The lowest BCUT2D eigenvalue weighted by Crippen LogP contribution is -2.15. The van der Waals surface area contributed by atoms with Crippen molar-refractivity contribution in [2.24, 2.45) is 0 Å². The number of hydrogen-bond acceptors (Lipinski definition) is 6. The summed E-state index contributed by atoms with van der Waals surface area (Å²) in [5.41, 5.74) is 2.05. The van der Waals surface area contributed by atoms with E-state index in [1.54, 1.807) is 11.8 Å². The number of fused-ring (bicyclic) bond motifs is 1. The van der Waals surface area contributed by atoms with E-state index in [1.165, 1.54) is 23.1 Å². The number of nitrogens with zero attached hydrogens (tertiary/aromatic N) is 2. The second kappa shape index (κ2) is 7.12. The number of anilines is 1. The van der Waals surface area contributed by atoms with Crippen molar-refractivity contribution in [1.82, 2.24) is 15.2 Å². The SMILES string of the molecule is CCSc1nnc(NC(=O)CSc2[nH]c3ccccc3[nH+]2)s1. The number of H-pyrrole nitrogens is 2. The molecule has 0 bridgehead atoms. The smallest absolute Gasteiger partial charge is 0.300 e. The molecule has 9 heteroatoms. The van der Waals surface area contributed by atoms with Crippen molar-refractivity contribution >= 4 is 56.9 Å². The third-order valence-electron chi connectivity index (χ3n) is 2.69. The molecule has 0 fully saturated rings. The van der Waals surface area contributed by atoms with Gasteiger partial charge in [-0.1, -0.05) is 42.2 Å². The summed E-state index contributed by atoms with van der Waals surface area (Å²) in [6, 6.07) is 7.92. The summed E-state index contributed by atoms with van der Waals surface area (Å²) < 4.78 is 0.870. The molecular weight excluding hydrogens is 338 g/mol. The van der Waals surface area contributed by atoms with Crippen LogP contribution < -0.4 is 10.3 Å². The van der Waals surface area contributed by atoms with Gasteiger partial charge in [0.2, 0.25) is 11.0 Å². The largest absolute Gasteiger partial charge is 0.315 e. The number of aromatic amines is 2. The molecule has 0 spiro atoms. The molecule has 2 aromatic heterocycles. The summed E-state index contributed by atoms with van der Waals surface area (Å²) >= 11 is 4.43. The Bertz CT molecular complexity index is 752. The van der Waals surface area contributed by atoms with Crippen LogP contribution in [-0.4, -0.2) is 32.6 Å². The van der Waals surface area contributed by atoms with Crippen LogP contribution in [0.3, 0.4) is 0 Å². The molecule has 114 valence electrons. The number of aromatic nitrogens is 4. The van der Waals surface area contributed by atoms with Gasteiger partial charge < -0.3 is 0 Å². The Morgan fingerprint density at radius 1 is 1.36 bits per heavy atom. The maximum atomic E-state index is 11.9. The second-order valence-corrected chi connectivity index (χ2v) is 7.74. The van der Waals surface area contributed by atoms with Gasteiger partial charge in [-0.25, -0.2) is 9.97 Å². The highest BCUT2D eigenvalue weighted by molar-refractivity contribution is 8.01. The molecule has 0 aliphatic heterocycles. The Morgan fingerprint density at radius 3 is 3.05 bits per heavy atom. The Morgan fingerprint density at radius 2 is 2.23 bits per heavy atom. The summed E-state index contributed by atoms with van der Waals surface area (Å²) in [5.74, 6) is 1.15. The van der Waals surface area contributed by atoms with E-state index in [0.717, 1.165) is 26.3 Å². The van der Waals surface area contributed by atoms with Gasteiger partial charge in [0.05, 0.1) is 5.75 Å². The molecule has 1 aromatic carbocycles. The van der Waals surface area contributed by atoms with Crippen LogP contribution in [0.1, 0.15) is 6.92 Å². The maximum Gasteiger partial charge on any atom is 0.315 e. The number of imidazole rings is 1. The first-order chi connectivity index (χ1) is 10.7. The van der Waals surface area contributed by atoms with E-state index >= 15 is 0 Å². The third kappa shape index (κ3) is 3.79. The molecule has 0 unspecified atom stereocenters. The van der Waals surface area contributed by atoms with Crippen molar-refractivity contribution in [2.75, 3.05) is 16.8 Å². The van der Waals surface area contributed by atoms with Crippen LogP contribution in [0, 0.1) is 0 Å². The fraction of sp³-hybridized carbons (Fsp3) is 0.231. The molecule has 0 saturated carbocycles. The molecule has 0 aliphatic rings. The van der Waals surface area contributed by atoms with Crippen molar-refractivity contribution in [3.05, 3.63) is 24.3 Å². The summed E-state index contributed by atoms with van der Waals surface area (Å²) in [7, 11) is 0. The molecule has 6 nitrogen and oxygen atoms in total. The van der Waals surface area contributed by atoms with Crippen LogP contribution in [-0.2, 0) is 4.79 Å². The van der Waals surface area contributed by atoms with E-state index in [1.807, 2.05) is 24.3 Å². The molecule has 3 aromatic rings. The van der Waals surface area contributed by atoms with Gasteiger partial charge in [-0.2, -0.15) is 0 Å². The lowest BCUT2D eigenvalue weighted by atomic mass is 10.3. The van der Waals surface area contributed by atoms with E-state index < -0.39 is 0 Å². The Kier molecular flexibility index (Phi) is 4.96. The lowest BCUT2D eigenvalue weighted by Gasteiger charge is -1.97. The van der Waals surface area contributed by atoms with E-state index in [-0.39, 0.29) is 5.91 Å². The van der Waals surface area contributed by atoms with Gasteiger partial charge in [-0.05, 0) is 29.6 Å². The first-order valence-corrected chi connectivity index (χ1v) is 9.42. The molecule has 0 saturated heterocycles. The number of thioether (sulfide) groups is 2. The summed E-state index contributed by atoms with van der Waals surface area (Å²) in [6.07, 6.45) is 0. The Labute approximate surface area is 139 Å². The minimum absolute atomic E-state index is 0.0961. The number of carbonyl (C=O) groups is 1. The summed E-state index contributed by atoms with van der Waals surface area (Å²) in [4.78, 5) is 18.4. The Hall–Kier alpha value is -1.58. The van der Waals surface area contributed by atoms with E-state index in [0.29, 0.717) is 10.9 Å². The van der Waals surface area contributed by atoms with Crippen LogP contribution in [0.5, 0.6) is 0 Å². The van der Waals surface area contributed by atoms with Crippen LogP contribution in [0.25, 0.3) is 11.0 Å². The average Bonchev–Trinajstić information content (AvgIpc) is 3.12. The maximum absolute atomic E-state index is 11.9. The van der Waals surface area contributed by atoms with Crippen LogP contribution in [0.15, 0.2) is 33.8 Å². The van der Waals surface area contributed by atoms with E-state index in [9.17, 15) is 4.79 Å². The highest BCUT2D eigenvalue weighted by atomic mass is 32.2. The topological polar surface area (TPSA) is 84.8 Å². The first-order valence-electron chi connectivity index (χ1n) is 6.63. The van der Waals surface area contributed by atoms with Crippen molar-refractivity contribution in [3.63, 3.8) is 0 Å². The second-order valence-electron chi connectivity index (χ2n) is 4.27. The van der Waals surface area contributed by atoms with Gasteiger partial charge in [0.15, 0.2) is 15.4 Å². The molecule has 2 heterocycles. The number of carbonyl (C=O) groups excluding carboxylic acids is 1. The molecular formula is C13H14N5OS3+. The van der Waals surface area contributed by atoms with E-state index in [2.05, 4.69) is 32.4 Å². The van der Waals surface area contributed by atoms with Crippen LogP contribution in [0.2, 0.25) is 0 Å². The fourth-order valence-electron chi connectivity index (χ4n) is 1.78. The van der Waals surface area contributed by atoms with Gasteiger partial charge in [-0.3, -0.25) is 10.1 Å². The zero-order chi connectivity index (χ0) is 15.4. The van der Waals surface area contributed by atoms with Crippen molar-refractivity contribution in [3.8, 4) is 0 Å². The molecule has 3 rings (SSSR count). The summed E-state index contributed by atoms with van der Waals surface area (Å²) in [6.45, 7) is 2.05. The number of para-hydroxylation sites is 2. The molecule has 0 atom stereocenters. The van der Waals surface area contributed by atoms with Crippen molar-refractivity contribution < 1.29 is 9.78 Å². The number of hydrogen-bond donors (Lipinski definition) is 2. The zero-order valence-corrected chi connectivity index (χ0v) is 14.2. The van der Waals surface area contributed by atoms with Crippen molar-refractivity contribution in [2.45, 2.75) is 16.4 Å². The lowest BCUT2D eigenvalue weighted by molar-refractivity contribution is -0.396. The predicted molar refractivity (Wildman–Crippen MR) is 90.5 cm³/mol.